The van der Waals surface area contributed by atoms with Crippen LogP contribution in [0.3, 0.4) is 0 Å². The molecule has 0 aliphatic rings. The van der Waals surface area contributed by atoms with Crippen LogP contribution in [0.25, 0.3) is 0 Å². The maximum absolute atomic E-state index is 13.5. The third-order valence-corrected chi connectivity index (χ3v) is 2.62. The van der Waals surface area contributed by atoms with Crippen molar-refractivity contribution in [2.24, 2.45) is 0 Å². The van der Waals surface area contributed by atoms with Crippen LogP contribution in [-0.2, 0) is 13.1 Å². The van der Waals surface area contributed by atoms with E-state index < -0.39 is 0 Å². The van der Waals surface area contributed by atoms with Crippen molar-refractivity contribution in [1.29, 1.82) is 0 Å². The molecule has 1 aromatic heterocycles. The van der Waals surface area contributed by atoms with Gasteiger partial charge in [0.15, 0.2) is 0 Å². The van der Waals surface area contributed by atoms with E-state index in [2.05, 4.69) is 10.4 Å². The van der Waals surface area contributed by atoms with Gasteiger partial charge in [-0.15, -0.1) is 0 Å². The number of hydrogen-bond donors (Lipinski definition) is 1. The van der Waals surface area contributed by atoms with Crippen LogP contribution in [0.2, 0.25) is 0 Å². The first-order valence-corrected chi connectivity index (χ1v) is 5.70. The summed E-state index contributed by atoms with van der Waals surface area (Å²) in [6, 6.07) is 5.04. The van der Waals surface area contributed by atoms with E-state index in [9.17, 15) is 4.39 Å². The highest BCUT2D eigenvalue weighted by molar-refractivity contribution is 5.47. The molecule has 0 unspecified atom stereocenters. The Kier molecular flexibility index (Phi) is 3.42. The van der Waals surface area contributed by atoms with Crippen LogP contribution in [0.5, 0.6) is 0 Å². The Balaban J connectivity index is 2.04. The van der Waals surface area contributed by atoms with Gasteiger partial charge in [0.1, 0.15) is 5.82 Å². The highest BCUT2D eigenvalue weighted by Crippen LogP contribution is 2.16. The minimum atomic E-state index is -0.224. The van der Waals surface area contributed by atoms with E-state index in [1.54, 1.807) is 18.3 Å². The molecule has 1 heterocycles. The van der Waals surface area contributed by atoms with E-state index in [4.69, 9.17) is 0 Å². The molecule has 0 spiro atoms. The Labute approximate surface area is 100 Å². The van der Waals surface area contributed by atoms with Crippen molar-refractivity contribution in [2.45, 2.75) is 26.9 Å². The van der Waals surface area contributed by atoms with Gasteiger partial charge < -0.3 is 5.32 Å². The Morgan fingerprint density at radius 2 is 2.24 bits per heavy atom. The summed E-state index contributed by atoms with van der Waals surface area (Å²) in [5.74, 6) is -0.224. The Morgan fingerprint density at radius 3 is 2.94 bits per heavy atom. The molecule has 0 saturated heterocycles. The summed E-state index contributed by atoms with van der Waals surface area (Å²) in [7, 11) is 0. The molecule has 0 aliphatic carbocycles. The molecule has 0 fully saturated rings. The van der Waals surface area contributed by atoms with E-state index in [-0.39, 0.29) is 5.82 Å². The van der Waals surface area contributed by atoms with Crippen LogP contribution in [0.15, 0.2) is 30.6 Å². The van der Waals surface area contributed by atoms with Crippen LogP contribution in [0, 0.1) is 12.7 Å². The average Bonchev–Trinajstić information content (AvgIpc) is 2.78. The van der Waals surface area contributed by atoms with Gasteiger partial charge in [0.05, 0.1) is 11.9 Å². The Morgan fingerprint density at radius 1 is 1.41 bits per heavy atom. The maximum atomic E-state index is 13.5. The molecule has 0 radical (unpaired) electrons. The second kappa shape index (κ2) is 4.99. The average molecular weight is 233 g/mol. The standard InChI is InChI=1S/C13H16FN3/c1-3-17-9-11(8-16-17)7-15-13-6-10(2)4-5-12(13)14/h4-6,8-9,15H,3,7H2,1-2H3. The van der Waals surface area contributed by atoms with E-state index >= 15 is 0 Å². The van der Waals surface area contributed by atoms with Crippen LogP contribution >= 0.6 is 0 Å². The van der Waals surface area contributed by atoms with Crippen molar-refractivity contribution in [2.75, 3.05) is 5.32 Å². The molecule has 0 aliphatic heterocycles. The molecule has 2 aromatic rings. The summed E-state index contributed by atoms with van der Waals surface area (Å²) in [6.07, 6.45) is 3.75. The number of nitrogens with zero attached hydrogens (tertiary/aromatic N) is 2. The van der Waals surface area contributed by atoms with Crippen LogP contribution < -0.4 is 5.32 Å². The monoisotopic (exact) mass is 233 g/mol. The molecular weight excluding hydrogens is 217 g/mol. The molecule has 17 heavy (non-hydrogen) atoms. The predicted octanol–water partition coefficient (Wildman–Crippen LogP) is 2.96. The molecule has 3 nitrogen and oxygen atoms in total. The van der Waals surface area contributed by atoms with Gasteiger partial charge in [-0.1, -0.05) is 6.07 Å². The normalized spacial score (nSPS) is 10.5. The zero-order chi connectivity index (χ0) is 12.3. The second-order valence-electron chi connectivity index (χ2n) is 4.04. The van der Waals surface area contributed by atoms with E-state index in [1.165, 1.54) is 6.07 Å². The van der Waals surface area contributed by atoms with Gasteiger partial charge >= 0.3 is 0 Å². The zero-order valence-electron chi connectivity index (χ0n) is 10.1. The van der Waals surface area contributed by atoms with Gasteiger partial charge in [0.2, 0.25) is 0 Å². The number of aryl methyl sites for hydroxylation is 2. The molecule has 0 atom stereocenters. The third-order valence-electron chi connectivity index (χ3n) is 2.62. The van der Waals surface area contributed by atoms with Crippen molar-refractivity contribution >= 4 is 5.69 Å². The molecule has 0 bridgehead atoms. The van der Waals surface area contributed by atoms with Gasteiger partial charge in [-0.3, -0.25) is 4.68 Å². The summed E-state index contributed by atoms with van der Waals surface area (Å²) >= 11 is 0. The summed E-state index contributed by atoms with van der Waals surface area (Å²) in [6.45, 7) is 5.41. The zero-order valence-corrected chi connectivity index (χ0v) is 10.1. The van der Waals surface area contributed by atoms with Gasteiger partial charge in [-0.25, -0.2) is 4.39 Å². The smallest absolute Gasteiger partial charge is 0.146 e. The summed E-state index contributed by atoms with van der Waals surface area (Å²) in [4.78, 5) is 0. The number of benzene rings is 1. The Bertz CT molecular complexity index is 505. The fourth-order valence-electron chi connectivity index (χ4n) is 1.64. The summed E-state index contributed by atoms with van der Waals surface area (Å²) in [5, 5.41) is 7.25. The number of halogens is 1. The molecular formula is C13H16FN3. The fraction of sp³-hybridized carbons (Fsp3) is 0.308. The number of hydrogen-bond acceptors (Lipinski definition) is 2. The molecule has 90 valence electrons. The molecule has 0 saturated carbocycles. The van der Waals surface area contributed by atoms with Crippen LogP contribution in [-0.4, -0.2) is 9.78 Å². The van der Waals surface area contributed by atoms with E-state index in [1.807, 2.05) is 24.7 Å². The van der Waals surface area contributed by atoms with Gasteiger partial charge in [0.25, 0.3) is 0 Å². The van der Waals surface area contributed by atoms with Crippen LogP contribution in [0.1, 0.15) is 18.1 Å². The van der Waals surface area contributed by atoms with Gasteiger partial charge in [0, 0.05) is 24.8 Å². The maximum Gasteiger partial charge on any atom is 0.146 e. The molecule has 4 heteroatoms. The Hall–Kier alpha value is -1.84. The van der Waals surface area contributed by atoms with Gasteiger partial charge in [-0.05, 0) is 31.5 Å². The lowest BCUT2D eigenvalue weighted by Crippen LogP contribution is -2.01. The molecule has 0 amide bonds. The highest BCUT2D eigenvalue weighted by atomic mass is 19.1. The third kappa shape index (κ3) is 2.84. The fourth-order valence-corrected chi connectivity index (χ4v) is 1.64. The number of aromatic nitrogens is 2. The second-order valence-corrected chi connectivity index (χ2v) is 4.04. The lowest BCUT2D eigenvalue weighted by atomic mass is 10.2. The number of anilines is 1. The molecule has 1 aromatic carbocycles. The van der Waals surface area contributed by atoms with E-state index in [0.717, 1.165) is 17.7 Å². The first kappa shape index (κ1) is 11.6. The minimum absolute atomic E-state index is 0.224. The van der Waals surface area contributed by atoms with E-state index in [0.29, 0.717) is 12.2 Å². The predicted molar refractivity (Wildman–Crippen MR) is 66.4 cm³/mol. The van der Waals surface area contributed by atoms with Gasteiger partial charge in [-0.2, -0.15) is 5.10 Å². The number of nitrogens with one attached hydrogen (secondary N) is 1. The molecule has 1 N–H and O–H groups in total. The number of rotatable bonds is 4. The largest absolute Gasteiger partial charge is 0.378 e. The van der Waals surface area contributed by atoms with Crippen LogP contribution in [0.4, 0.5) is 10.1 Å². The van der Waals surface area contributed by atoms with Crippen molar-refractivity contribution in [1.82, 2.24) is 9.78 Å². The van der Waals surface area contributed by atoms with Crippen molar-refractivity contribution in [3.05, 3.63) is 47.5 Å². The van der Waals surface area contributed by atoms with Crippen molar-refractivity contribution in [3.63, 3.8) is 0 Å². The topological polar surface area (TPSA) is 29.9 Å². The lowest BCUT2D eigenvalue weighted by Gasteiger charge is -2.06. The lowest BCUT2D eigenvalue weighted by molar-refractivity contribution is 0.629. The summed E-state index contributed by atoms with van der Waals surface area (Å²) < 4.78 is 15.3. The van der Waals surface area contributed by atoms with Crippen molar-refractivity contribution < 1.29 is 4.39 Å². The molecule has 2 rings (SSSR count). The highest BCUT2D eigenvalue weighted by Gasteiger charge is 2.02. The minimum Gasteiger partial charge on any atom is -0.378 e. The van der Waals surface area contributed by atoms with Crippen molar-refractivity contribution in [3.8, 4) is 0 Å². The quantitative estimate of drug-likeness (QED) is 0.879. The SMILES string of the molecule is CCn1cc(CNc2cc(C)ccc2F)cn1. The first-order chi connectivity index (χ1) is 8.19. The first-order valence-electron chi connectivity index (χ1n) is 5.70. The summed E-state index contributed by atoms with van der Waals surface area (Å²) in [5.41, 5.74) is 2.63.